The first-order chi connectivity index (χ1) is 9.02. The summed E-state index contributed by atoms with van der Waals surface area (Å²) in [5, 5.41) is 13.8. The molecule has 1 aromatic heterocycles. The van der Waals surface area contributed by atoms with Gasteiger partial charge in [0.2, 0.25) is 5.89 Å². The van der Waals surface area contributed by atoms with Gasteiger partial charge in [0.1, 0.15) is 5.76 Å². The lowest BCUT2D eigenvalue weighted by Crippen LogP contribution is -2.43. The zero-order valence-corrected chi connectivity index (χ0v) is 12.3. The average Bonchev–Trinajstić information content (AvgIpc) is 2.69. The second kappa shape index (κ2) is 6.06. The van der Waals surface area contributed by atoms with Gasteiger partial charge in [0.05, 0.1) is 17.8 Å². The molecule has 0 unspecified atom stereocenters. The third kappa shape index (κ3) is 3.80. The van der Waals surface area contributed by atoms with Gasteiger partial charge in [0, 0.05) is 6.54 Å². The Balaban J connectivity index is 1.76. The monoisotopic (exact) mass is 266 g/mol. The van der Waals surface area contributed by atoms with Crippen LogP contribution in [0.25, 0.3) is 0 Å². The third-order valence-electron chi connectivity index (χ3n) is 4.42. The summed E-state index contributed by atoms with van der Waals surface area (Å²) in [6.07, 6.45) is 5.33. The summed E-state index contributed by atoms with van der Waals surface area (Å²) in [5.74, 6) is 2.39. The minimum atomic E-state index is -0.539. The second-order valence-electron chi connectivity index (χ2n) is 5.93. The van der Waals surface area contributed by atoms with E-state index >= 15 is 0 Å². The Morgan fingerprint density at radius 1 is 1.37 bits per heavy atom. The summed E-state index contributed by atoms with van der Waals surface area (Å²) in [6.45, 7) is 7.33. The van der Waals surface area contributed by atoms with Crippen molar-refractivity contribution in [1.29, 1.82) is 0 Å². The second-order valence-corrected chi connectivity index (χ2v) is 5.93. The van der Waals surface area contributed by atoms with E-state index in [2.05, 4.69) is 17.2 Å². The van der Waals surface area contributed by atoms with Crippen molar-refractivity contribution in [3.63, 3.8) is 0 Å². The maximum atomic E-state index is 10.5. The standard InChI is InChI=1S/C15H26N2O2/c1-4-13-5-7-15(18,8-6-13)10-16-9-14-17-11(2)12(3)19-14/h13,16,18H,4-10H2,1-3H3. The Kier molecular flexibility index (Phi) is 4.63. The van der Waals surface area contributed by atoms with Crippen molar-refractivity contribution in [1.82, 2.24) is 10.3 Å². The number of rotatable bonds is 5. The Labute approximate surface area is 115 Å². The van der Waals surface area contributed by atoms with Gasteiger partial charge in [0.15, 0.2) is 0 Å². The molecular weight excluding hydrogens is 240 g/mol. The maximum Gasteiger partial charge on any atom is 0.208 e. The average molecular weight is 266 g/mol. The molecule has 1 heterocycles. The van der Waals surface area contributed by atoms with Crippen molar-refractivity contribution in [2.75, 3.05) is 6.54 Å². The number of nitrogens with zero attached hydrogens (tertiary/aromatic N) is 1. The molecule has 1 saturated carbocycles. The quantitative estimate of drug-likeness (QED) is 0.860. The first-order valence-corrected chi connectivity index (χ1v) is 7.38. The fourth-order valence-corrected chi connectivity index (χ4v) is 2.82. The maximum absolute atomic E-state index is 10.5. The molecule has 1 fully saturated rings. The molecule has 0 saturated heterocycles. The topological polar surface area (TPSA) is 58.3 Å². The van der Waals surface area contributed by atoms with Crippen LogP contribution in [0.2, 0.25) is 0 Å². The van der Waals surface area contributed by atoms with E-state index in [1.807, 2.05) is 13.8 Å². The van der Waals surface area contributed by atoms with E-state index in [1.165, 1.54) is 6.42 Å². The van der Waals surface area contributed by atoms with Crippen LogP contribution in [0.5, 0.6) is 0 Å². The number of aromatic nitrogens is 1. The zero-order chi connectivity index (χ0) is 13.9. The van der Waals surface area contributed by atoms with Crippen LogP contribution in [0.15, 0.2) is 4.42 Å². The van der Waals surface area contributed by atoms with Gasteiger partial charge in [-0.2, -0.15) is 0 Å². The van der Waals surface area contributed by atoms with Gasteiger partial charge in [-0.1, -0.05) is 13.3 Å². The molecule has 4 nitrogen and oxygen atoms in total. The van der Waals surface area contributed by atoms with E-state index in [9.17, 15) is 5.11 Å². The van der Waals surface area contributed by atoms with Crippen molar-refractivity contribution in [3.05, 3.63) is 17.3 Å². The number of oxazole rings is 1. The van der Waals surface area contributed by atoms with E-state index < -0.39 is 5.60 Å². The van der Waals surface area contributed by atoms with Gasteiger partial charge < -0.3 is 14.8 Å². The molecule has 1 aliphatic rings. The Morgan fingerprint density at radius 2 is 2.05 bits per heavy atom. The molecular formula is C15H26N2O2. The first kappa shape index (κ1) is 14.5. The van der Waals surface area contributed by atoms with Crippen LogP contribution in [-0.4, -0.2) is 22.2 Å². The minimum absolute atomic E-state index is 0.539. The molecule has 2 N–H and O–H groups in total. The van der Waals surface area contributed by atoms with Crippen LogP contribution in [0, 0.1) is 19.8 Å². The summed E-state index contributed by atoms with van der Waals surface area (Å²) >= 11 is 0. The minimum Gasteiger partial charge on any atom is -0.444 e. The van der Waals surface area contributed by atoms with Gasteiger partial charge in [-0.25, -0.2) is 4.98 Å². The summed E-state index contributed by atoms with van der Waals surface area (Å²) < 4.78 is 5.52. The Bertz CT molecular complexity index is 387. The molecule has 0 radical (unpaired) electrons. The molecule has 4 heteroatoms. The highest BCUT2D eigenvalue weighted by Crippen LogP contribution is 2.33. The molecule has 1 aromatic rings. The first-order valence-electron chi connectivity index (χ1n) is 7.38. The molecule has 0 amide bonds. The summed E-state index contributed by atoms with van der Waals surface area (Å²) in [6, 6.07) is 0. The van der Waals surface area contributed by atoms with Crippen LogP contribution in [-0.2, 0) is 6.54 Å². The third-order valence-corrected chi connectivity index (χ3v) is 4.42. The molecule has 0 aliphatic heterocycles. The van der Waals surface area contributed by atoms with Gasteiger partial charge in [-0.3, -0.25) is 0 Å². The Hall–Kier alpha value is -0.870. The van der Waals surface area contributed by atoms with E-state index in [0.717, 1.165) is 43.1 Å². The zero-order valence-electron chi connectivity index (χ0n) is 12.3. The predicted octanol–water partition coefficient (Wildman–Crippen LogP) is 2.71. The molecule has 0 bridgehead atoms. The lowest BCUT2D eigenvalue weighted by atomic mass is 9.78. The predicted molar refractivity (Wildman–Crippen MR) is 74.9 cm³/mol. The number of aryl methyl sites for hydroxylation is 2. The van der Waals surface area contributed by atoms with Crippen molar-refractivity contribution in [2.45, 2.75) is 65.0 Å². The van der Waals surface area contributed by atoms with E-state index in [4.69, 9.17) is 4.42 Å². The summed E-state index contributed by atoms with van der Waals surface area (Å²) in [4.78, 5) is 4.33. The number of hydrogen-bond donors (Lipinski definition) is 2. The fraction of sp³-hybridized carbons (Fsp3) is 0.800. The number of aliphatic hydroxyl groups is 1. The molecule has 0 spiro atoms. The van der Waals surface area contributed by atoms with E-state index in [-0.39, 0.29) is 0 Å². The van der Waals surface area contributed by atoms with Crippen LogP contribution in [0.1, 0.15) is 56.4 Å². The normalized spacial score (nSPS) is 27.7. The van der Waals surface area contributed by atoms with Crippen LogP contribution in [0.3, 0.4) is 0 Å². The van der Waals surface area contributed by atoms with Crippen molar-refractivity contribution in [3.8, 4) is 0 Å². The molecule has 19 heavy (non-hydrogen) atoms. The number of hydrogen-bond acceptors (Lipinski definition) is 4. The van der Waals surface area contributed by atoms with Gasteiger partial charge in [-0.05, 0) is 45.4 Å². The van der Waals surface area contributed by atoms with Crippen molar-refractivity contribution >= 4 is 0 Å². The van der Waals surface area contributed by atoms with E-state index in [1.54, 1.807) is 0 Å². The fourth-order valence-electron chi connectivity index (χ4n) is 2.82. The summed E-state index contributed by atoms with van der Waals surface area (Å²) in [5.41, 5.74) is 0.404. The molecule has 2 rings (SSSR count). The smallest absolute Gasteiger partial charge is 0.208 e. The Morgan fingerprint density at radius 3 is 2.58 bits per heavy atom. The molecule has 0 aromatic carbocycles. The van der Waals surface area contributed by atoms with Gasteiger partial charge in [0.25, 0.3) is 0 Å². The molecule has 108 valence electrons. The highest BCUT2D eigenvalue weighted by molar-refractivity contribution is 5.05. The largest absolute Gasteiger partial charge is 0.444 e. The summed E-state index contributed by atoms with van der Waals surface area (Å²) in [7, 11) is 0. The molecule has 0 atom stereocenters. The number of nitrogens with one attached hydrogen (secondary N) is 1. The van der Waals surface area contributed by atoms with Crippen molar-refractivity contribution < 1.29 is 9.52 Å². The molecule has 1 aliphatic carbocycles. The van der Waals surface area contributed by atoms with E-state index in [0.29, 0.717) is 19.0 Å². The highest BCUT2D eigenvalue weighted by Gasteiger charge is 2.32. The van der Waals surface area contributed by atoms with Gasteiger partial charge in [-0.15, -0.1) is 0 Å². The van der Waals surface area contributed by atoms with Crippen LogP contribution >= 0.6 is 0 Å². The SMILES string of the molecule is CCC1CCC(O)(CNCc2nc(C)c(C)o2)CC1. The highest BCUT2D eigenvalue weighted by atomic mass is 16.4. The van der Waals surface area contributed by atoms with Gasteiger partial charge >= 0.3 is 0 Å². The lowest BCUT2D eigenvalue weighted by Gasteiger charge is -2.35. The van der Waals surface area contributed by atoms with Crippen LogP contribution in [0.4, 0.5) is 0 Å². The lowest BCUT2D eigenvalue weighted by molar-refractivity contribution is -0.00914. The van der Waals surface area contributed by atoms with Crippen molar-refractivity contribution in [2.24, 2.45) is 5.92 Å². The van der Waals surface area contributed by atoms with Crippen LogP contribution < -0.4 is 5.32 Å².